The zero-order valence-electron chi connectivity index (χ0n) is 11.0. The van der Waals surface area contributed by atoms with E-state index in [1.807, 2.05) is 35.3 Å². The third kappa shape index (κ3) is 2.49. The molecule has 1 aromatic carbocycles. The Morgan fingerprint density at radius 1 is 1.20 bits per heavy atom. The van der Waals surface area contributed by atoms with Gasteiger partial charge < -0.3 is 5.43 Å². The van der Waals surface area contributed by atoms with Crippen molar-refractivity contribution in [3.05, 3.63) is 35.7 Å². The molecule has 0 aliphatic rings. The van der Waals surface area contributed by atoms with Gasteiger partial charge in [-0.1, -0.05) is 19.1 Å². The highest BCUT2D eigenvalue weighted by molar-refractivity contribution is 7.99. The van der Waals surface area contributed by atoms with Crippen LogP contribution in [0, 0.1) is 0 Å². The predicted octanol–water partition coefficient (Wildman–Crippen LogP) is 3.76. The molecule has 2 aromatic heterocycles. The molecule has 6 heteroatoms. The van der Waals surface area contributed by atoms with Gasteiger partial charge in [0.2, 0.25) is 0 Å². The number of benzene rings is 1. The monoisotopic (exact) mass is 302 g/mol. The van der Waals surface area contributed by atoms with Gasteiger partial charge >= 0.3 is 0 Å². The predicted molar refractivity (Wildman–Crippen MR) is 87.1 cm³/mol. The first-order valence-corrected chi connectivity index (χ1v) is 8.13. The topological polar surface area (TPSA) is 63.8 Å². The molecule has 0 aliphatic heterocycles. The van der Waals surface area contributed by atoms with Gasteiger partial charge in [0.1, 0.15) is 4.83 Å². The Morgan fingerprint density at radius 2 is 2.00 bits per heavy atom. The highest BCUT2D eigenvalue weighted by atomic mass is 32.2. The van der Waals surface area contributed by atoms with Gasteiger partial charge in [0.25, 0.3) is 0 Å². The second-order valence-corrected chi connectivity index (χ2v) is 6.37. The van der Waals surface area contributed by atoms with E-state index in [0.29, 0.717) is 11.6 Å². The number of hydrogen-bond donors (Lipinski definition) is 2. The van der Waals surface area contributed by atoms with Crippen LogP contribution in [0.15, 0.2) is 40.6 Å². The molecule has 4 nitrogen and oxygen atoms in total. The number of hydrazine groups is 1. The maximum Gasteiger partial charge on any atom is 0.163 e. The lowest BCUT2D eigenvalue weighted by Gasteiger charge is -2.06. The molecule has 0 saturated carbocycles. The first-order chi connectivity index (χ1) is 9.81. The van der Waals surface area contributed by atoms with Crippen LogP contribution >= 0.6 is 23.1 Å². The average Bonchev–Trinajstić information content (AvgIpc) is 2.95. The number of anilines is 1. The summed E-state index contributed by atoms with van der Waals surface area (Å²) >= 11 is 3.41. The molecular weight excluding hydrogens is 288 g/mol. The number of hydrogen-bond acceptors (Lipinski definition) is 6. The molecule has 3 N–H and O–H groups in total. The van der Waals surface area contributed by atoms with E-state index in [0.717, 1.165) is 21.5 Å². The number of nitrogens with one attached hydrogen (secondary N) is 1. The van der Waals surface area contributed by atoms with Gasteiger partial charge in [-0.25, -0.2) is 15.8 Å². The van der Waals surface area contributed by atoms with Crippen LogP contribution in [0.1, 0.15) is 6.92 Å². The molecule has 0 radical (unpaired) electrons. The maximum absolute atomic E-state index is 5.55. The number of thiophene rings is 1. The normalized spacial score (nSPS) is 10.9. The molecule has 0 aliphatic carbocycles. The van der Waals surface area contributed by atoms with E-state index in [2.05, 4.69) is 34.5 Å². The summed E-state index contributed by atoms with van der Waals surface area (Å²) in [5.41, 5.74) is 3.65. The third-order valence-corrected chi connectivity index (χ3v) is 4.59. The number of nitrogen functional groups attached to an aromatic ring is 1. The van der Waals surface area contributed by atoms with Crippen molar-refractivity contribution < 1.29 is 0 Å². The van der Waals surface area contributed by atoms with E-state index >= 15 is 0 Å². The van der Waals surface area contributed by atoms with Crippen molar-refractivity contribution in [2.45, 2.75) is 11.8 Å². The molecule has 3 aromatic rings. The van der Waals surface area contributed by atoms with Crippen molar-refractivity contribution in [3.8, 4) is 11.4 Å². The summed E-state index contributed by atoms with van der Waals surface area (Å²) in [6.45, 7) is 2.14. The average molecular weight is 302 g/mol. The van der Waals surface area contributed by atoms with Gasteiger partial charge in [-0.05, 0) is 29.3 Å². The van der Waals surface area contributed by atoms with E-state index in [1.54, 1.807) is 11.3 Å². The van der Waals surface area contributed by atoms with Crippen molar-refractivity contribution in [1.29, 1.82) is 0 Å². The largest absolute Gasteiger partial charge is 0.308 e. The lowest BCUT2D eigenvalue weighted by molar-refractivity contribution is 1.19. The fourth-order valence-electron chi connectivity index (χ4n) is 1.96. The number of nitrogens with zero attached hydrogens (tertiary/aromatic N) is 2. The zero-order chi connectivity index (χ0) is 13.9. The molecular formula is C14H14N4S2. The number of fused-ring (bicyclic) bond motifs is 1. The maximum atomic E-state index is 5.55. The van der Waals surface area contributed by atoms with E-state index in [9.17, 15) is 0 Å². The van der Waals surface area contributed by atoms with Crippen LogP contribution < -0.4 is 11.3 Å². The SMILES string of the molecule is CCSc1ccc(-c2nc(NN)c3ccsc3n2)cc1. The fourth-order valence-corrected chi connectivity index (χ4v) is 3.39. The number of thioether (sulfide) groups is 1. The summed E-state index contributed by atoms with van der Waals surface area (Å²) < 4.78 is 0. The highest BCUT2D eigenvalue weighted by Gasteiger charge is 2.09. The Labute approximate surface area is 125 Å². The summed E-state index contributed by atoms with van der Waals surface area (Å²) in [6, 6.07) is 10.3. The molecule has 20 heavy (non-hydrogen) atoms. The van der Waals surface area contributed by atoms with Gasteiger partial charge in [0, 0.05) is 10.5 Å². The van der Waals surface area contributed by atoms with E-state index < -0.39 is 0 Å². The summed E-state index contributed by atoms with van der Waals surface area (Å²) in [4.78, 5) is 11.3. The standard InChI is InChI=1S/C14H14N4S2/c1-2-19-10-5-3-9(4-6-10)12-16-13(18-15)11-7-8-20-14(11)17-12/h3-8H,2,15H2,1H3,(H,16,17,18). The molecule has 0 bridgehead atoms. The molecule has 0 saturated heterocycles. The molecule has 0 amide bonds. The van der Waals surface area contributed by atoms with Crippen molar-refractivity contribution in [2.75, 3.05) is 11.2 Å². The van der Waals surface area contributed by atoms with Crippen LogP contribution in [-0.4, -0.2) is 15.7 Å². The Bertz CT molecular complexity index is 722. The van der Waals surface area contributed by atoms with Crippen molar-refractivity contribution in [1.82, 2.24) is 9.97 Å². The Morgan fingerprint density at radius 3 is 2.70 bits per heavy atom. The summed E-state index contributed by atoms with van der Waals surface area (Å²) in [5, 5.41) is 2.95. The van der Waals surface area contributed by atoms with Crippen LogP contribution in [0.25, 0.3) is 21.6 Å². The smallest absolute Gasteiger partial charge is 0.163 e. The van der Waals surface area contributed by atoms with Gasteiger partial charge in [0.15, 0.2) is 11.6 Å². The van der Waals surface area contributed by atoms with Crippen LogP contribution in [0.5, 0.6) is 0 Å². The van der Waals surface area contributed by atoms with Crippen LogP contribution in [-0.2, 0) is 0 Å². The summed E-state index contributed by atoms with van der Waals surface area (Å²) in [7, 11) is 0. The fraction of sp³-hybridized carbons (Fsp3) is 0.143. The van der Waals surface area contributed by atoms with Crippen LogP contribution in [0.2, 0.25) is 0 Å². The second-order valence-electron chi connectivity index (χ2n) is 4.14. The Kier molecular flexibility index (Phi) is 3.86. The molecule has 102 valence electrons. The molecule has 2 heterocycles. The molecule has 0 fully saturated rings. The van der Waals surface area contributed by atoms with E-state index in [1.165, 1.54) is 4.90 Å². The number of rotatable bonds is 4. The minimum absolute atomic E-state index is 0.665. The molecule has 0 spiro atoms. The summed E-state index contributed by atoms with van der Waals surface area (Å²) in [6.07, 6.45) is 0. The van der Waals surface area contributed by atoms with Gasteiger partial charge in [0.05, 0.1) is 5.39 Å². The lowest BCUT2D eigenvalue weighted by atomic mass is 10.2. The second kappa shape index (κ2) is 5.78. The van der Waals surface area contributed by atoms with E-state index in [-0.39, 0.29) is 0 Å². The molecule has 0 atom stereocenters. The first kappa shape index (κ1) is 13.4. The zero-order valence-corrected chi connectivity index (χ0v) is 12.6. The van der Waals surface area contributed by atoms with Crippen LogP contribution in [0.4, 0.5) is 5.82 Å². The lowest BCUT2D eigenvalue weighted by Crippen LogP contribution is -2.09. The highest BCUT2D eigenvalue weighted by Crippen LogP contribution is 2.28. The Balaban J connectivity index is 2.04. The van der Waals surface area contributed by atoms with Crippen molar-refractivity contribution in [2.24, 2.45) is 5.84 Å². The molecule has 3 rings (SSSR count). The van der Waals surface area contributed by atoms with Gasteiger partial charge in [-0.15, -0.1) is 23.1 Å². The first-order valence-electron chi connectivity index (χ1n) is 6.27. The third-order valence-electron chi connectivity index (χ3n) is 2.89. The minimum Gasteiger partial charge on any atom is -0.308 e. The quantitative estimate of drug-likeness (QED) is 0.436. The molecule has 0 unspecified atom stereocenters. The van der Waals surface area contributed by atoms with E-state index in [4.69, 9.17) is 5.84 Å². The van der Waals surface area contributed by atoms with Crippen molar-refractivity contribution >= 4 is 39.1 Å². The number of nitrogens with two attached hydrogens (primary N) is 1. The van der Waals surface area contributed by atoms with Crippen molar-refractivity contribution in [3.63, 3.8) is 0 Å². The van der Waals surface area contributed by atoms with Gasteiger partial charge in [-0.3, -0.25) is 0 Å². The Hall–Kier alpha value is -1.63. The van der Waals surface area contributed by atoms with Crippen LogP contribution in [0.3, 0.4) is 0 Å². The minimum atomic E-state index is 0.665. The number of aromatic nitrogens is 2. The summed E-state index contributed by atoms with van der Waals surface area (Å²) in [5.74, 6) is 7.97. The van der Waals surface area contributed by atoms with Gasteiger partial charge in [-0.2, -0.15) is 0 Å².